The molecule has 0 aromatic heterocycles. The highest BCUT2D eigenvalue weighted by Crippen LogP contribution is 2.38. The van der Waals surface area contributed by atoms with E-state index >= 15 is 0 Å². The third-order valence-electron chi connectivity index (χ3n) is 6.57. The van der Waals surface area contributed by atoms with Crippen molar-refractivity contribution in [3.8, 4) is 17.2 Å². The van der Waals surface area contributed by atoms with E-state index in [2.05, 4.69) is 5.32 Å². The number of nitrogens with zero attached hydrogens (tertiary/aromatic N) is 1. The molecule has 7 nitrogen and oxygen atoms in total. The zero-order valence-corrected chi connectivity index (χ0v) is 21.6. The van der Waals surface area contributed by atoms with Crippen LogP contribution < -0.4 is 19.5 Å². The Bertz CT molecular complexity index is 1190. The van der Waals surface area contributed by atoms with Crippen molar-refractivity contribution in [2.45, 2.75) is 44.3 Å². The standard InChI is InChI=1S/C30H34N2O5/c1-35-25-15-9-21(10-16-25)11-18-28(33)32(24-13-14-24)29(23-12-17-26(36-2)27(19-23)37-3)30(34)31-20-22-7-5-4-6-8-22/h4-10,12,15-17,19,24,29H,11,13-14,18,20H2,1-3H3,(H,31,34). The summed E-state index contributed by atoms with van der Waals surface area (Å²) >= 11 is 0. The van der Waals surface area contributed by atoms with Gasteiger partial charge in [0, 0.05) is 19.0 Å². The van der Waals surface area contributed by atoms with Crippen molar-refractivity contribution in [2.75, 3.05) is 21.3 Å². The van der Waals surface area contributed by atoms with Gasteiger partial charge in [-0.05, 0) is 60.2 Å². The maximum absolute atomic E-state index is 13.7. The molecule has 3 aromatic carbocycles. The number of carbonyl (C=O) groups excluding carboxylic acids is 2. The van der Waals surface area contributed by atoms with E-state index in [0.29, 0.717) is 36.4 Å². The summed E-state index contributed by atoms with van der Waals surface area (Å²) in [6.45, 7) is 0.377. The van der Waals surface area contributed by atoms with E-state index in [4.69, 9.17) is 14.2 Å². The van der Waals surface area contributed by atoms with Crippen molar-refractivity contribution in [3.05, 3.63) is 89.5 Å². The van der Waals surface area contributed by atoms with Gasteiger partial charge in [0.25, 0.3) is 0 Å². The number of methoxy groups -OCH3 is 3. The highest BCUT2D eigenvalue weighted by molar-refractivity contribution is 5.89. The van der Waals surface area contributed by atoms with Crippen LogP contribution in [0.25, 0.3) is 0 Å². The zero-order valence-electron chi connectivity index (χ0n) is 21.6. The van der Waals surface area contributed by atoms with Crippen LogP contribution in [0.15, 0.2) is 72.8 Å². The minimum atomic E-state index is -0.778. The van der Waals surface area contributed by atoms with Crippen molar-refractivity contribution >= 4 is 11.8 Å². The summed E-state index contributed by atoms with van der Waals surface area (Å²) in [5, 5.41) is 3.05. The maximum Gasteiger partial charge on any atom is 0.247 e. The zero-order chi connectivity index (χ0) is 26.2. The average Bonchev–Trinajstić information content (AvgIpc) is 3.79. The quantitative estimate of drug-likeness (QED) is 0.389. The normalized spacial score (nSPS) is 13.4. The Labute approximate surface area is 218 Å². The third-order valence-corrected chi connectivity index (χ3v) is 6.57. The van der Waals surface area contributed by atoms with Gasteiger partial charge in [0.15, 0.2) is 11.5 Å². The van der Waals surface area contributed by atoms with E-state index in [1.54, 1.807) is 38.4 Å². The summed E-state index contributed by atoms with van der Waals surface area (Å²) in [5.74, 6) is 1.59. The number of hydrogen-bond acceptors (Lipinski definition) is 5. The predicted octanol–water partition coefficient (Wildman–Crippen LogP) is 4.69. The van der Waals surface area contributed by atoms with Crippen molar-refractivity contribution in [2.24, 2.45) is 0 Å². The Hall–Kier alpha value is -4.00. The Morgan fingerprint density at radius 1 is 0.865 bits per heavy atom. The first kappa shape index (κ1) is 26.1. The predicted molar refractivity (Wildman–Crippen MR) is 142 cm³/mol. The van der Waals surface area contributed by atoms with E-state index in [-0.39, 0.29) is 17.9 Å². The lowest BCUT2D eigenvalue weighted by Crippen LogP contribution is -2.45. The van der Waals surface area contributed by atoms with Crippen molar-refractivity contribution in [3.63, 3.8) is 0 Å². The number of nitrogens with one attached hydrogen (secondary N) is 1. The Morgan fingerprint density at radius 2 is 1.57 bits per heavy atom. The molecule has 0 radical (unpaired) electrons. The number of amides is 2. The second-order valence-corrected chi connectivity index (χ2v) is 9.10. The molecule has 0 spiro atoms. The number of hydrogen-bond donors (Lipinski definition) is 1. The molecule has 1 fully saturated rings. The van der Waals surface area contributed by atoms with Crippen LogP contribution in [0.1, 0.15) is 42.0 Å². The van der Waals surface area contributed by atoms with E-state index in [9.17, 15) is 9.59 Å². The highest BCUT2D eigenvalue weighted by atomic mass is 16.5. The molecule has 0 heterocycles. The summed E-state index contributed by atoms with van der Waals surface area (Å²) in [6, 6.07) is 22.1. The van der Waals surface area contributed by atoms with Crippen LogP contribution >= 0.6 is 0 Å². The van der Waals surface area contributed by atoms with Crippen LogP contribution in [0.4, 0.5) is 0 Å². The van der Waals surface area contributed by atoms with Gasteiger partial charge >= 0.3 is 0 Å². The molecule has 0 aliphatic heterocycles. The summed E-state index contributed by atoms with van der Waals surface area (Å²) in [4.78, 5) is 29.1. The van der Waals surface area contributed by atoms with Gasteiger partial charge in [-0.15, -0.1) is 0 Å². The number of ether oxygens (including phenoxy) is 3. The molecule has 1 aliphatic rings. The van der Waals surface area contributed by atoms with Gasteiger partial charge in [-0.2, -0.15) is 0 Å². The third kappa shape index (κ3) is 6.61. The summed E-state index contributed by atoms with van der Waals surface area (Å²) in [7, 11) is 4.76. The maximum atomic E-state index is 13.7. The molecule has 4 rings (SSSR count). The SMILES string of the molecule is COc1ccc(CCC(=O)N(C2CC2)C(C(=O)NCc2ccccc2)c2ccc(OC)c(OC)c2)cc1. The fraction of sp³-hybridized carbons (Fsp3) is 0.333. The van der Waals surface area contributed by atoms with Crippen LogP contribution in [0.2, 0.25) is 0 Å². The van der Waals surface area contributed by atoms with Crippen LogP contribution in [-0.4, -0.2) is 44.1 Å². The molecule has 194 valence electrons. The first-order valence-electron chi connectivity index (χ1n) is 12.5. The molecule has 1 aliphatic carbocycles. The molecule has 0 saturated heterocycles. The van der Waals surface area contributed by atoms with E-state index in [1.807, 2.05) is 60.7 Å². The number of carbonyl (C=O) groups is 2. The Morgan fingerprint density at radius 3 is 2.19 bits per heavy atom. The number of rotatable bonds is 12. The largest absolute Gasteiger partial charge is 0.497 e. The molecule has 0 bridgehead atoms. The van der Waals surface area contributed by atoms with Gasteiger partial charge in [0.1, 0.15) is 11.8 Å². The van der Waals surface area contributed by atoms with E-state index in [0.717, 1.165) is 29.7 Å². The molecule has 37 heavy (non-hydrogen) atoms. The summed E-state index contributed by atoms with van der Waals surface area (Å²) < 4.78 is 16.1. The summed E-state index contributed by atoms with van der Waals surface area (Å²) in [6.07, 6.45) is 2.64. The Kier molecular flexibility index (Phi) is 8.67. The molecule has 1 saturated carbocycles. The second kappa shape index (κ2) is 12.3. The van der Waals surface area contributed by atoms with Gasteiger partial charge < -0.3 is 24.4 Å². The molecule has 1 unspecified atom stereocenters. The average molecular weight is 503 g/mol. The lowest BCUT2D eigenvalue weighted by Gasteiger charge is -2.32. The lowest BCUT2D eigenvalue weighted by atomic mass is 10.0. The molecular formula is C30H34N2O5. The van der Waals surface area contributed by atoms with Crippen molar-refractivity contribution < 1.29 is 23.8 Å². The Balaban J connectivity index is 1.59. The van der Waals surface area contributed by atoms with Crippen LogP contribution in [-0.2, 0) is 22.6 Å². The second-order valence-electron chi connectivity index (χ2n) is 9.10. The van der Waals surface area contributed by atoms with Gasteiger partial charge in [-0.1, -0.05) is 48.5 Å². The number of aryl methyl sites for hydroxylation is 1. The molecule has 3 aromatic rings. The smallest absolute Gasteiger partial charge is 0.247 e. The molecule has 1 N–H and O–H groups in total. The van der Waals surface area contributed by atoms with Crippen molar-refractivity contribution in [1.29, 1.82) is 0 Å². The number of benzene rings is 3. The molecule has 1 atom stereocenters. The van der Waals surface area contributed by atoms with E-state index in [1.165, 1.54) is 0 Å². The fourth-order valence-electron chi connectivity index (χ4n) is 4.43. The molecular weight excluding hydrogens is 468 g/mol. The van der Waals surface area contributed by atoms with Crippen LogP contribution in [0.5, 0.6) is 17.2 Å². The highest BCUT2D eigenvalue weighted by Gasteiger charge is 2.41. The van der Waals surface area contributed by atoms with Gasteiger partial charge in [0.2, 0.25) is 11.8 Å². The molecule has 7 heteroatoms. The van der Waals surface area contributed by atoms with E-state index < -0.39 is 6.04 Å². The van der Waals surface area contributed by atoms with Gasteiger partial charge in [-0.25, -0.2) is 0 Å². The topological polar surface area (TPSA) is 77.1 Å². The van der Waals surface area contributed by atoms with Crippen LogP contribution in [0.3, 0.4) is 0 Å². The first-order valence-corrected chi connectivity index (χ1v) is 12.5. The minimum Gasteiger partial charge on any atom is -0.497 e. The fourth-order valence-corrected chi connectivity index (χ4v) is 4.43. The minimum absolute atomic E-state index is 0.0314. The van der Waals surface area contributed by atoms with Gasteiger partial charge in [-0.3, -0.25) is 9.59 Å². The van der Waals surface area contributed by atoms with Crippen molar-refractivity contribution in [1.82, 2.24) is 10.2 Å². The summed E-state index contributed by atoms with van der Waals surface area (Å²) in [5.41, 5.74) is 2.72. The lowest BCUT2D eigenvalue weighted by molar-refractivity contribution is -0.141. The van der Waals surface area contributed by atoms with Crippen LogP contribution in [0, 0.1) is 0 Å². The van der Waals surface area contributed by atoms with Gasteiger partial charge in [0.05, 0.1) is 21.3 Å². The molecule has 2 amide bonds. The monoisotopic (exact) mass is 502 g/mol. The first-order chi connectivity index (χ1) is 18.0.